The number of carbonyl (C=O) groups excluding carboxylic acids is 2. The van der Waals surface area contributed by atoms with Crippen LogP contribution in [-0.4, -0.2) is 47.2 Å². The van der Waals surface area contributed by atoms with Gasteiger partial charge in [0.25, 0.3) is 11.8 Å². The first-order chi connectivity index (χ1) is 15.8. The average Bonchev–Trinajstić information content (AvgIpc) is 3.62. The van der Waals surface area contributed by atoms with Gasteiger partial charge in [-0.05, 0) is 36.6 Å². The first-order valence-corrected chi connectivity index (χ1v) is 11.0. The number of aromatic nitrogens is 1. The summed E-state index contributed by atoms with van der Waals surface area (Å²) < 4.78 is 0. The molecule has 174 valence electrons. The van der Waals surface area contributed by atoms with Crippen LogP contribution in [0.25, 0.3) is 0 Å². The number of halogens is 1. The molecule has 2 aromatic rings. The van der Waals surface area contributed by atoms with Gasteiger partial charge in [0.15, 0.2) is 0 Å². The van der Waals surface area contributed by atoms with Crippen LogP contribution < -0.4 is 22.2 Å². The van der Waals surface area contributed by atoms with Crippen LogP contribution in [0.1, 0.15) is 40.3 Å². The lowest BCUT2D eigenvalue weighted by atomic mass is 10.0. The third-order valence-corrected chi connectivity index (χ3v) is 5.26. The Bertz CT molecular complexity index is 1060. The van der Waals surface area contributed by atoms with Crippen LogP contribution >= 0.6 is 11.6 Å². The number of nitrogens with two attached hydrogens (primary N) is 2. The number of carbonyl (C=O) groups is 2. The fourth-order valence-electron chi connectivity index (χ4n) is 3.18. The number of nitrogens with zero attached hydrogens (tertiary/aromatic N) is 3. The SMILES string of the molecule is CCc1ccc(C(NC(=O)/C(N)=C/N(N)CCNC(=O)c2cc(Cl)cc(C)n2)C2=NC2)cc1. The first kappa shape index (κ1) is 24.2. The molecule has 10 heteroatoms. The predicted molar refractivity (Wildman–Crippen MR) is 128 cm³/mol. The molecule has 3 rings (SSSR count). The Morgan fingerprint density at radius 1 is 1.27 bits per heavy atom. The zero-order valence-electron chi connectivity index (χ0n) is 18.6. The van der Waals surface area contributed by atoms with Gasteiger partial charge in [-0.2, -0.15) is 0 Å². The highest BCUT2D eigenvalue weighted by Gasteiger charge is 2.27. The third-order valence-electron chi connectivity index (χ3n) is 5.04. The molecule has 0 radical (unpaired) electrons. The fraction of sp³-hybridized carbons (Fsp3) is 0.304. The summed E-state index contributed by atoms with van der Waals surface area (Å²) >= 11 is 5.96. The molecule has 1 aromatic heterocycles. The van der Waals surface area contributed by atoms with Crippen LogP contribution in [0.2, 0.25) is 5.02 Å². The molecule has 33 heavy (non-hydrogen) atoms. The van der Waals surface area contributed by atoms with E-state index >= 15 is 0 Å². The average molecular weight is 470 g/mol. The number of amides is 2. The monoisotopic (exact) mass is 469 g/mol. The van der Waals surface area contributed by atoms with Gasteiger partial charge in [0.1, 0.15) is 11.4 Å². The number of pyridine rings is 1. The lowest BCUT2D eigenvalue weighted by Crippen LogP contribution is -2.39. The van der Waals surface area contributed by atoms with Crippen molar-refractivity contribution in [3.05, 3.63) is 75.8 Å². The Hall–Kier alpha value is -3.43. The second kappa shape index (κ2) is 10.9. The van der Waals surface area contributed by atoms with Crippen molar-refractivity contribution in [2.45, 2.75) is 26.3 Å². The van der Waals surface area contributed by atoms with Crippen LogP contribution in [0, 0.1) is 6.92 Å². The Labute approximate surface area is 197 Å². The molecule has 0 spiro atoms. The van der Waals surface area contributed by atoms with Crippen molar-refractivity contribution < 1.29 is 9.59 Å². The number of hydrogen-bond donors (Lipinski definition) is 4. The molecule has 0 saturated heterocycles. The van der Waals surface area contributed by atoms with Gasteiger partial charge in [0.2, 0.25) is 0 Å². The van der Waals surface area contributed by atoms with E-state index in [0.29, 0.717) is 17.3 Å². The molecule has 1 aliphatic rings. The molecule has 0 bridgehead atoms. The van der Waals surface area contributed by atoms with E-state index in [4.69, 9.17) is 23.2 Å². The standard InChI is InChI=1S/C23H28ClN7O2/c1-3-15-4-6-16(7-5-15)21(20-12-28-20)30-22(32)18(25)13-31(26)9-8-27-23(33)19-11-17(24)10-14(2)29-19/h4-7,10-11,13,21H,3,8-9,12,25-26H2,1-2H3,(H,27,33)(H,30,32)/b18-13-. The molecular weight excluding hydrogens is 442 g/mol. The maximum Gasteiger partial charge on any atom is 0.270 e. The largest absolute Gasteiger partial charge is 0.393 e. The van der Waals surface area contributed by atoms with Crippen molar-refractivity contribution in [2.24, 2.45) is 16.6 Å². The van der Waals surface area contributed by atoms with E-state index in [0.717, 1.165) is 17.7 Å². The maximum atomic E-state index is 12.6. The molecule has 0 aliphatic carbocycles. The molecule has 1 atom stereocenters. The highest BCUT2D eigenvalue weighted by Crippen LogP contribution is 2.21. The molecule has 2 heterocycles. The number of hydrazine groups is 1. The summed E-state index contributed by atoms with van der Waals surface area (Å²) in [6.07, 6.45) is 2.27. The van der Waals surface area contributed by atoms with Gasteiger partial charge in [0, 0.05) is 23.5 Å². The Kier molecular flexibility index (Phi) is 8.02. The molecule has 1 aliphatic heterocycles. The fourth-order valence-corrected chi connectivity index (χ4v) is 3.44. The van der Waals surface area contributed by atoms with E-state index < -0.39 is 5.91 Å². The van der Waals surface area contributed by atoms with Gasteiger partial charge >= 0.3 is 0 Å². The molecule has 2 amide bonds. The second-order valence-electron chi connectivity index (χ2n) is 7.70. The van der Waals surface area contributed by atoms with Gasteiger partial charge < -0.3 is 21.4 Å². The normalized spacial score (nSPS) is 13.7. The smallest absolute Gasteiger partial charge is 0.270 e. The van der Waals surface area contributed by atoms with E-state index in [1.54, 1.807) is 13.0 Å². The zero-order valence-corrected chi connectivity index (χ0v) is 19.4. The van der Waals surface area contributed by atoms with E-state index in [2.05, 4.69) is 27.5 Å². The Morgan fingerprint density at radius 2 is 1.97 bits per heavy atom. The number of rotatable bonds is 10. The predicted octanol–water partition coefficient (Wildman–Crippen LogP) is 1.62. The van der Waals surface area contributed by atoms with Crippen LogP contribution in [0.4, 0.5) is 0 Å². The summed E-state index contributed by atoms with van der Waals surface area (Å²) in [4.78, 5) is 33.2. The number of nitrogens with one attached hydrogen (secondary N) is 2. The van der Waals surface area contributed by atoms with Gasteiger partial charge in [-0.25, -0.2) is 10.8 Å². The van der Waals surface area contributed by atoms with Gasteiger partial charge in [-0.15, -0.1) is 0 Å². The van der Waals surface area contributed by atoms with Gasteiger partial charge in [-0.1, -0.05) is 42.8 Å². The van der Waals surface area contributed by atoms with Crippen LogP contribution in [0.3, 0.4) is 0 Å². The van der Waals surface area contributed by atoms with Crippen LogP contribution in [0.5, 0.6) is 0 Å². The number of aryl methyl sites for hydroxylation is 2. The van der Waals surface area contributed by atoms with Crippen molar-refractivity contribution in [3.63, 3.8) is 0 Å². The highest BCUT2D eigenvalue weighted by atomic mass is 35.5. The van der Waals surface area contributed by atoms with Crippen molar-refractivity contribution in [1.29, 1.82) is 0 Å². The molecule has 6 N–H and O–H groups in total. The van der Waals surface area contributed by atoms with E-state index in [9.17, 15) is 9.59 Å². The molecular formula is C23H28ClN7O2. The van der Waals surface area contributed by atoms with Crippen molar-refractivity contribution >= 4 is 29.1 Å². The number of benzene rings is 1. The summed E-state index contributed by atoms with van der Waals surface area (Å²) in [5.41, 5.74) is 9.82. The first-order valence-electron chi connectivity index (χ1n) is 10.6. The number of hydrogen-bond acceptors (Lipinski definition) is 7. The lowest BCUT2D eigenvalue weighted by Gasteiger charge is -2.18. The Morgan fingerprint density at radius 3 is 2.58 bits per heavy atom. The number of aliphatic imine (C=N–C) groups is 1. The van der Waals surface area contributed by atoms with Crippen LogP contribution in [0.15, 0.2) is 53.3 Å². The second-order valence-corrected chi connectivity index (χ2v) is 8.14. The minimum absolute atomic E-state index is 0.0487. The summed E-state index contributed by atoms with van der Waals surface area (Å²) in [6.45, 7) is 4.91. The molecule has 1 unspecified atom stereocenters. The minimum atomic E-state index is -0.452. The summed E-state index contributed by atoms with van der Waals surface area (Å²) in [5.74, 6) is 5.10. The summed E-state index contributed by atoms with van der Waals surface area (Å²) in [5, 5.41) is 7.29. The van der Waals surface area contributed by atoms with E-state index in [-0.39, 0.29) is 36.4 Å². The van der Waals surface area contributed by atoms with E-state index in [1.807, 2.05) is 24.3 Å². The zero-order chi connectivity index (χ0) is 24.0. The minimum Gasteiger partial charge on any atom is -0.393 e. The summed E-state index contributed by atoms with van der Waals surface area (Å²) in [6, 6.07) is 10.9. The summed E-state index contributed by atoms with van der Waals surface area (Å²) in [7, 11) is 0. The quantitative estimate of drug-likeness (QED) is 0.237. The molecule has 9 nitrogen and oxygen atoms in total. The Balaban J connectivity index is 1.52. The lowest BCUT2D eigenvalue weighted by molar-refractivity contribution is -0.118. The molecule has 0 fully saturated rings. The highest BCUT2D eigenvalue weighted by molar-refractivity contribution is 6.30. The molecule has 0 saturated carbocycles. The topological polar surface area (TPSA) is 139 Å². The van der Waals surface area contributed by atoms with Gasteiger partial charge in [-0.3, -0.25) is 14.6 Å². The van der Waals surface area contributed by atoms with E-state index in [1.165, 1.54) is 22.8 Å². The maximum absolute atomic E-state index is 12.6. The van der Waals surface area contributed by atoms with Crippen molar-refractivity contribution in [1.82, 2.24) is 20.6 Å². The third kappa shape index (κ3) is 7.03. The van der Waals surface area contributed by atoms with Crippen molar-refractivity contribution in [2.75, 3.05) is 19.6 Å². The van der Waals surface area contributed by atoms with Crippen LogP contribution in [-0.2, 0) is 11.2 Å². The van der Waals surface area contributed by atoms with Gasteiger partial charge in [0.05, 0.1) is 24.8 Å². The molecule has 1 aromatic carbocycles. The van der Waals surface area contributed by atoms with Crippen molar-refractivity contribution in [3.8, 4) is 0 Å².